The third-order valence-corrected chi connectivity index (χ3v) is 0. The van der Waals surface area contributed by atoms with Crippen LogP contribution in [0.15, 0.2) is 0 Å². The molecule has 0 aromatic rings. The van der Waals surface area contributed by atoms with Crippen molar-refractivity contribution >= 4 is 56.9 Å². The Morgan fingerprint density at radius 3 is 1.09 bits per heavy atom. The summed E-state index contributed by atoms with van der Waals surface area (Å²) >= 11 is -3.11. The molecule has 0 aliphatic heterocycles. The van der Waals surface area contributed by atoms with Crippen LogP contribution in [0.5, 0.6) is 0 Å². The van der Waals surface area contributed by atoms with Crippen LogP contribution in [0.3, 0.4) is 0 Å². The molecule has 7 nitrogen and oxygen atoms in total. The van der Waals surface area contributed by atoms with E-state index in [0.717, 1.165) is 0 Å². The normalized spacial score (nSPS) is 8.55. The van der Waals surface area contributed by atoms with Crippen molar-refractivity contribution in [2.24, 2.45) is 0 Å². The largest absolute Gasteiger partial charge is 3.00 e. The van der Waals surface area contributed by atoms with Crippen LogP contribution in [-0.4, -0.2) is 51.1 Å². The molecule has 0 atom stereocenters. The van der Waals surface area contributed by atoms with E-state index in [4.69, 9.17) is 32.6 Å². The molecule has 0 fully saturated rings. The predicted octanol–water partition coefficient (Wildman–Crippen LogP) is -4.21. The minimum atomic E-state index is -5.39. The van der Waals surface area contributed by atoms with Crippen molar-refractivity contribution in [3.63, 3.8) is 0 Å². The van der Waals surface area contributed by atoms with Gasteiger partial charge in [-0.1, -0.05) is 0 Å². The fourth-order valence-electron chi connectivity index (χ4n) is 0. The average Bonchev–Trinajstić information content (AvgIpc) is 1.19. The number of hydrogen-bond donors (Lipinski definition) is 0. The summed E-state index contributed by atoms with van der Waals surface area (Å²) in [4.78, 5) is 25.6. The minimum absolute atomic E-state index is 0. The van der Waals surface area contributed by atoms with E-state index in [1.54, 1.807) is 0 Å². The van der Waals surface area contributed by atoms with Gasteiger partial charge in [-0.15, -0.1) is 11.4 Å². The summed E-state index contributed by atoms with van der Waals surface area (Å²) in [5.41, 5.74) is 0. The van der Waals surface area contributed by atoms with Gasteiger partial charge in [0.25, 0.3) is 0 Å². The average molecular weight is 271 g/mol. The molecule has 0 aromatic heterocycles. The van der Waals surface area contributed by atoms with Gasteiger partial charge < -0.3 is 28.4 Å². The van der Waals surface area contributed by atoms with Gasteiger partial charge in [0.15, 0.2) is 0 Å². The van der Waals surface area contributed by atoms with Crippen molar-refractivity contribution < 1.29 is 49.6 Å². The first-order valence-corrected chi connectivity index (χ1v) is 3.69. The molecular weight excluding hydrogens is 271 g/mol. The van der Waals surface area contributed by atoms with Crippen LogP contribution < -0.4 is 14.7 Å². The van der Waals surface area contributed by atoms with Gasteiger partial charge in [-0.05, 0) is 0 Å². The molecule has 11 heteroatoms. The Balaban J connectivity index is -0.0000000383. The summed E-state index contributed by atoms with van der Waals surface area (Å²) in [6, 6.07) is 0. The Kier molecular flexibility index (Phi) is 25.1. The zero-order chi connectivity index (χ0) is 8.08. The summed E-state index contributed by atoms with van der Waals surface area (Å²) in [6.45, 7) is 0. The van der Waals surface area contributed by atoms with E-state index in [1.165, 1.54) is 0 Å². The monoisotopic (exact) mass is 271 g/mol. The molecule has 63 valence electrons. The summed E-state index contributed by atoms with van der Waals surface area (Å²) in [5, 5.41) is 0. The second kappa shape index (κ2) is 12.0. The molecule has 1 radical (unpaired) electrons. The van der Waals surface area contributed by atoms with Crippen LogP contribution in [0.25, 0.3) is 0 Å². The van der Waals surface area contributed by atoms with Gasteiger partial charge >= 0.3 is 54.8 Å². The maximum Gasteiger partial charge on any atom is 3.00 e. The first-order valence-electron chi connectivity index (χ1n) is 1.23. The van der Waals surface area contributed by atoms with Crippen molar-refractivity contribution in [3.8, 4) is 0 Å². The molecule has 0 N–H and O–H groups in total. The van der Waals surface area contributed by atoms with Crippen LogP contribution in [-0.2, 0) is 33.0 Å². The van der Waals surface area contributed by atoms with Crippen LogP contribution in [0.4, 0.5) is 0 Å². The topological polar surface area (TPSA) is 149 Å². The Bertz CT molecular complexity index is 118. The van der Waals surface area contributed by atoms with Crippen molar-refractivity contribution in [1.82, 2.24) is 0 Å². The summed E-state index contributed by atoms with van der Waals surface area (Å²) < 4.78 is 33.9. The fourth-order valence-corrected chi connectivity index (χ4v) is 0. The van der Waals surface area contributed by atoms with E-state index < -0.39 is 19.2 Å². The van der Waals surface area contributed by atoms with Crippen LogP contribution in [0.1, 0.15) is 0 Å². The standard InChI is InChI=1S/Ca.Fe.H3O4P.H2O3S/c;;1-5(2,3)4;1-4(2)3/h;;(H3,1,2,3,4);(H2,1,2,3)/q+2;+3;;/p-5. The molecule has 0 rings (SSSR count). The molecule has 0 aliphatic rings. The Morgan fingerprint density at radius 2 is 1.09 bits per heavy atom. The molecule has 0 bridgehead atoms. The van der Waals surface area contributed by atoms with Gasteiger partial charge in [0, 0.05) is 0 Å². The predicted molar refractivity (Wildman–Crippen MR) is 23.1 cm³/mol. The molecule has 0 aromatic carbocycles. The van der Waals surface area contributed by atoms with E-state index in [2.05, 4.69) is 0 Å². The summed E-state index contributed by atoms with van der Waals surface area (Å²) in [7, 11) is -5.39. The second-order valence-corrected chi connectivity index (χ2v) is 1.95. The SMILES string of the molecule is O=P([O-])([O-])[O-].O=S([O-])[O-].[Ca+2].[Fe+3]. The minimum Gasteiger partial charge on any atom is -0.822 e. The molecule has 0 unspecified atom stereocenters. The van der Waals surface area contributed by atoms with Gasteiger partial charge in [-0.25, -0.2) is 0 Å². The van der Waals surface area contributed by atoms with Crippen LogP contribution in [0, 0.1) is 0 Å². The fraction of sp³-hybridized carbons (Fsp3) is 0. The van der Waals surface area contributed by atoms with Gasteiger partial charge in [0.05, 0.1) is 0 Å². The van der Waals surface area contributed by atoms with E-state index in [9.17, 15) is 0 Å². The zero-order valence-electron chi connectivity index (χ0n) is 4.77. The third kappa shape index (κ3) is 309. The Hall–Kier alpha value is 1.96. The molecule has 0 saturated carbocycles. The van der Waals surface area contributed by atoms with Crippen molar-refractivity contribution in [2.45, 2.75) is 0 Å². The first kappa shape index (κ1) is 23.1. The number of rotatable bonds is 0. The maximum absolute atomic E-state index is 8.55. The van der Waals surface area contributed by atoms with E-state index in [1.807, 2.05) is 0 Å². The molecule has 0 saturated heterocycles. The van der Waals surface area contributed by atoms with Gasteiger partial charge in [0.1, 0.15) is 0 Å². The molecular formula is CaFeO7PS. The van der Waals surface area contributed by atoms with Gasteiger partial charge in [-0.3, -0.25) is 4.21 Å². The Labute approximate surface area is 105 Å². The van der Waals surface area contributed by atoms with Crippen LogP contribution >= 0.6 is 7.82 Å². The number of hydrogen-bond acceptors (Lipinski definition) is 7. The third-order valence-electron chi connectivity index (χ3n) is 0. The summed E-state index contributed by atoms with van der Waals surface area (Å²) in [6.07, 6.45) is 0. The van der Waals surface area contributed by atoms with Gasteiger partial charge in [0.2, 0.25) is 0 Å². The number of phosphoric acid groups is 1. The van der Waals surface area contributed by atoms with E-state index in [-0.39, 0.29) is 54.8 Å². The van der Waals surface area contributed by atoms with Gasteiger partial charge in [-0.2, -0.15) is 7.82 Å². The van der Waals surface area contributed by atoms with E-state index >= 15 is 0 Å². The molecule has 0 amide bonds. The first-order chi connectivity index (χ1) is 3.73. The van der Waals surface area contributed by atoms with Crippen molar-refractivity contribution in [2.75, 3.05) is 0 Å². The second-order valence-electron chi connectivity index (χ2n) is 0.651. The van der Waals surface area contributed by atoms with E-state index in [0.29, 0.717) is 0 Å². The molecule has 11 heavy (non-hydrogen) atoms. The summed E-state index contributed by atoms with van der Waals surface area (Å²) in [5.74, 6) is 0. The maximum atomic E-state index is 8.55. The zero-order valence-corrected chi connectivity index (χ0v) is 9.80. The molecule has 0 spiro atoms. The van der Waals surface area contributed by atoms with Crippen LogP contribution in [0.2, 0.25) is 0 Å². The smallest absolute Gasteiger partial charge is 0.822 e. The van der Waals surface area contributed by atoms with Crippen molar-refractivity contribution in [1.29, 1.82) is 0 Å². The Morgan fingerprint density at radius 1 is 1.09 bits per heavy atom. The molecule has 0 heterocycles. The van der Waals surface area contributed by atoms with Crippen molar-refractivity contribution in [3.05, 3.63) is 0 Å². The molecule has 0 aliphatic carbocycles. The quantitative estimate of drug-likeness (QED) is 0.246.